The molecule has 0 aromatic heterocycles. The lowest BCUT2D eigenvalue weighted by Gasteiger charge is -2.35. The molecule has 6 nitrogen and oxygen atoms in total. The van der Waals surface area contributed by atoms with Crippen LogP contribution in [0.3, 0.4) is 0 Å². The summed E-state index contributed by atoms with van der Waals surface area (Å²) in [4.78, 5) is 35.7. The minimum absolute atomic E-state index is 0.00589. The van der Waals surface area contributed by atoms with Gasteiger partial charge in [0.15, 0.2) is 0 Å². The van der Waals surface area contributed by atoms with Gasteiger partial charge in [0, 0.05) is 13.1 Å². The predicted molar refractivity (Wildman–Crippen MR) is 113 cm³/mol. The Morgan fingerprint density at radius 2 is 1.46 bits per heavy atom. The fourth-order valence-corrected chi connectivity index (χ4v) is 3.57. The number of carbonyl (C=O) groups is 3. The van der Waals surface area contributed by atoms with Crippen LogP contribution < -0.4 is 5.32 Å². The maximum absolute atomic E-state index is 12.9. The van der Waals surface area contributed by atoms with Crippen molar-refractivity contribution in [2.75, 3.05) is 13.1 Å². The van der Waals surface area contributed by atoms with Gasteiger partial charge >= 0.3 is 6.09 Å². The van der Waals surface area contributed by atoms with E-state index in [0.29, 0.717) is 17.3 Å². The first-order valence-corrected chi connectivity index (χ1v) is 10.3. The van der Waals surface area contributed by atoms with Crippen molar-refractivity contribution >= 4 is 18.3 Å². The Labute approximate surface area is 171 Å². The predicted octanol–water partition coefficient (Wildman–Crippen LogP) is 4.27. The summed E-state index contributed by atoms with van der Waals surface area (Å²) < 4.78 is 5.32. The Morgan fingerprint density at radius 1 is 1.07 bits per heavy atom. The Kier molecular flexibility index (Phi) is 9.19. The van der Waals surface area contributed by atoms with Crippen molar-refractivity contribution in [3.05, 3.63) is 0 Å². The number of hydrogen-bond acceptors (Lipinski definition) is 4. The van der Waals surface area contributed by atoms with E-state index in [-0.39, 0.29) is 11.3 Å². The van der Waals surface area contributed by atoms with Crippen LogP contribution in [0.4, 0.5) is 4.79 Å². The van der Waals surface area contributed by atoms with Gasteiger partial charge in [-0.05, 0) is 50.4 Å². The molecule has 1 heterocycles. The smallest absolute Gasteiger partial charge is 0.408 e. The lowest BCUT2D eigenvalue weighted by atomic mass is 9.85. The molecule has 2 amide bonds. The summed E-state index contributed by atoms with van der Waals surface area (Å²) in [5.41, 5.74) is -0.572. The molecule has 3 unspecified atom stereocenters. The molecule has 1 saturated carbocycles. The normalized spacial score (nSPS) is 23.0. The van der Waals surface area contributed by atoms with Crippen molar-refractivity contribution in [2.45, 2.75) is 87.8 Å². The van der Waals surface area contributed by atoms with E-state index in [1.165, 1.54) is 6.92 Å². The maximum atomic E-state index is 12.9. The zero-order valence-corrected chi connectivity index (χ0v) is 19.8. The molecular formula is C22H42N2O4. The molecule has 0 bridgehead atoms. The number of ether oxygens (including phenoxy) is 1. The lowest BCUT2D eigenvalue weighted by Crippen LogP contribution is -2.55. The Balaban J connectivity index is 0.00000133. The van der Waals surface area contributed by atoms with Gasteiger partial charge < -0.3 is 19.7 Å². The minimum Gasteiger partial charge on any atom is -0.444 e. The zero-order chi connectivity index (χ0) is 22.5. The summed E-state index contributed by atoms with van der Waals surface area (Å²) in [6.07, 6.45) is 0.218. The van der Waals surface area contributed by atoms with Gasteiger partial charge in [-0.1, -0.05) is 48.5 Å². The van der Waals surface area contributed by atoms with Crippen LogP contribution in [0.1, 0.15) is 76.2 Å². The van der Waals surface area contributed by atoms with E-state index in [4.69, 9.17) is 9.53 Å². The highest BCUT2D eigenvalue weighted by atomic mass is 16.6. The number of rotatable bonds is 2. The molecule has 6 heteroatoms. The van der Waals surface area contributed by atoms with E-state index >= 15 is 0 Å². The summed E-state index contributed by atoms with van der Waals surface area (Å²) in [6, 6.07) is -0.571. The molecule has 1 aliphatic carbocycles. The molecule has 1 N–H and O–H groups in total. The number of carbonyl (C=O) groups excluding carboxylic acids is 3. The summed E-state index contributed by atoms with van der Waals surface area (Å²) in [7, 11) is 0. The molecule has 1 saturated heterocycles. The fraction of sp³-hybridized carbons (Fsp3) is 0.864. The molecule has 2 aliphatic rings. The van der Waals surface area contributed by atoms with Crippen LogP contribution in [-0.2, 0) is 14.3 Å². The minimum atomic E-state index is -0.575. The topological polar surface area (TPSA) is 75.7 Å². The lowest BCUT2D eigenvalue weighted by molar-refractivity contribution is -0.136. The fourth-order valence-electron chi connectivity index (χ4n) is 3.57. The van der Waals surface area contributed by atoms with E-state index in [0.717, 1.165) is 19.4 Å². The Bertz CT molecular complexity index is 530. The van der Waals surface area contributed by atoms with E-state index in [9.17, 15) is 9.59 Å². The number of nitrogens with one attached hydrogen (secondary N) is 1. The van der Waals surface area contributed by atoms with Gasteiger partial charge in [0.25, 0.3) is 0 Å². The highest BCUT2D eigenvalue weighted by molar-refractivity contribution is 5.87. The van der Waals surface area contributed by atoms with Gasteiger partial charge in [-0.25, -0.2) is 4.79 Å². The second kappa shape index (κ2) is 9.75. The number of piperidine rings is 1. The second-order valence-electron chi connectivity index (χ2n) is 9.96. The molecule has 28 heavy (non-hydrogen) atoms. The standard InChI is InChI=1S/C18H32N2O3.C2H4O.C2H6/c1-16(2,3)13(19-15(22)23-17(4,5)6)14(21)20-9-11-12(10-20)18(11,7)8;1-2-3;1-2/h11-13H,9-10H2,1-8H3,(H,19,22);2H,1H3;1-2H3. The van der Waals surface area contributed by atoms with Gasteiger partial charge in [-0.15, -0.1) is 0 Å². The third kappa shape index (κ3) is 7.10. The first kappa shape index (κ1) is 26.4. The van der Waals surface area contributed by atoms with Crippen LogP contribution in [0.5, 0.6) is 0 Å². The summed E-state index contributed by atoms with van der Waals surface area (Å²) in [5, 5.41) is 2.79. The number of aldehydes is 1. The number of hydrogen-bond donors (Lipinski definition) is 1. The van der Waals surface area contributed by atoms with Gasteiger partial charge in [-0.3, -0.25) is 4.79 Å². The van der Waals surface area contributed by atoms with Crippen molar-refractivity contribution in [1.29, 1.82) is 0 Å². The highest BCUT2D eigenvalue weighted by Crippen LogP contribution is 2.62. The summed E-state index contributed by atoms with van der Waals surface area (Å²) in [6.45, 7) is 22.9. The number of nitrogens with zero attached hydrogens (tertiary/aromatic N) is 1. The summed E-state index contributed by atoms with van der Waals surface area (Å²) >= 11 is 0. The van der Waals surface area contributed by atoms with Crippen LogP contribution in [0.2, 0.25) is 0 Å². The molecule has 2 fully saturated rings. The average molecular weight is 399 g/mol. The van der Waals surface area contributed by atoms with Crippen molar-refractivity contribution in [3.8, 4) is 0 Å². The zero-order valence-electron chi connectivity index (χ0n) is 19.8. The SMILES string of the molecule is CC.CC(C)(C)OC(=O)NC(C(=O)N1CC2C(C1)C2(C)C)C(C)(C)C.CC=O. The largest absolute Gasteiger partial charge is 0.444 e. The van der Waals surface area contributed by atoms with Gasteiger partial charge in [-0.2, -0.15) is 0 Å². The molecule has 0 aromatic carbocycles. The quantitative estimate of drug-likeness (QED) is 0.705. The molecule has 1 aliphatic heterocycles. The maximum Gasteiger partial charge on any atom is 0.408 e. The molecule has 0 radical (unpaired) electrons. The molecule has 2 rings (SSSR count). The van der Waals surface area contributed by atoms with E-state index < -0.39 is 17.7 Å². The van der Waals surface area contributed by atoms with Crippen LogP contribution in [0, 0.1) is 22.7 Å². The highest BCUT2D eigenvalue weighted by Gasteiger charge is 2.63. The summed E-state index contributed by atoms with van der Waals surface area (Å²) in [5.74, 6) is 1.22. The van der Waals surface area contributed by atoms with Crippen LogP contribution in [-0.4, -0.2) is 47.9 Å². The monoisotopic (exact) mass is 398 g/mol. The second-order valence-corrected chi connectivity index (χ2v) is 9.96. The van der Waals surface area contributed by atoms with Crippen molar-refractivity contribution < 1.29 is 19.1 Å². The first-order chi connectivity index (χ1) is 12.6. The van der Waals surface area contributed by atoms with Crippen molar-refractivity contribution in [2.24, 2.45) is 22.7 Å². The van der Waals surface area contributed by atoms with Gasteiger partial charge in [0.2, 0.25) is 5.91 Å². The number of likely N-dealkylation sites (tertiary alicyclic amines) is 1. The molecule has 3 atom stereocenters. The van der Waals surface area contributed by atoms with Crippen LogP contribution >= 0.6 is 0 Å². The molecular weight excluding hydrogens is 356 g/mol. The van der Waals surface area contributed by atoms with E-state index in [1.807, 2.05) is 60.3 Å². The van der Waals surface area contributed by atoms with Crippen LogP contribution in [0.25, 0.3) is 0 Å². The van der Waals surface area contributed by atoms with Crippen molar-refractivity contribution in [3.63, 3.8) is 0 Å². The Hall–Kier alpha value is -1.59. The van der Waals surface area contributed by atoms with Crippen LogP contribution in [0.15, 0.2) is 0 Å². The number of amides is 2. The van der Waals surface area contributed by atoms with E-state index in [1.54, 1.807) is 0 Å². The third-order valence-electron chi connectivity index (χ3n) is 5.21. The molecule has 0 spiro atoms. The first-order valence-electron chi connectivity index (χ1n) is 10.3. The molecule has 164 valence electrons. The third-order valence-corrected chi connectivity index (χ3v) is 5.21. The number of alkyl carbamates (subject to hydrolysis) is 1. The van der Waals surface area contributed by atoms with Gasteiger partial charge in [0.05, 0.1) is 0 Å². The van der Waals surface area contributed by atoms with Crippen molar-refractivity contribution in [1.82, 2.24) is 10.2 Å². The Morgan fingerprint density at radius 3 is 1.79 bits per heavy atom. The van der Waals surface area contributed by atoms with E-state index in [2.05, 4.69) is 19.2 Å². The van der Waals surface area contributed by atoms with Gasteiger partial charge in [0.1, 0.15) is 17.9 Å². The molecule has 0 aromatic rings. The number of fused-ring (bicyclic) bond motifs is 1. The average Bonchev–Trinajstić information content (AvgIpc) is 2.90.